The molecule has 9 rings (SSSR count). The van der Waals surface area contributed by atoms with Gasteiger partial charge in [-0.05, 0) is 13.8 Å². The SMILES string of the molecule is COC1[C@@H](OP(=O)([O-])OC[C@H]2O[C@@H](n3cnc4c(=O)[nH]c(N)nc43)C(O)[C@H]2OC(C)C)[C@@H](COP(=O)([O-])OP(=O)([O-])OP(=O)([O-])OC[C@H]2O[C@@H]([n+]3cn(C)c4c(=O)[nH]c(N)nc43)C(O)[C@H]2OC)O[C@H]1n1cnc2c(N)nc(N)nc21. The molecule has 3 fully saturated rings. The fourth-order valence-corrected chi connectivity index (χ4v) is 13.4. The number of nitrogens with zero attached hydrogens (tertiary/aromatic N) is 10. The van der Waals surface area contributed by atoms with Crippen LogP contribution in [0.15, 0.2) is 28.6 Å². The molecule has 44 heteroatoms. The lowest BCUT2D eigenvalue weighted by atomic mass is 10.1. The molecule has 6 aromatic heterocycles. The first kappa shape index (κ1) is 59.3. The number of rotatable bonds is 22. The number of methoxy groups -OCH3 is 2. The van der Waals surface area contributed by atoms with E-state index >= 15 is 0 Å². The molecule has 80 heavy (non-hydrogen) atoms. The van der Waals surface area contributed by atoms with Gasteiger partial charge in [-0.3, -0.25) is 51.5 Å². The average molecular weight is 1210 g/mol. The standard InChI is InChI=1S/C36H52N16O24P4/c1-12(2)70-22-14(72-31(20(22)54)50-10-42-17-27(50)45-35(39)47-29(17)55)7-67-77(57,58)74-23-15(73-33(24(23)66-5)51-9-41-16-25(37)43-34(38)44-26(16)51)8-69-79(61,62)76-80(63,64)75-78(59,60)68-6-13-21(65-4)19(53)32(71-13)52-11-49(3)18-28(52)46-36(40)48-30(18)56/h9-15,19-24,31-33,53-54H,6-8H2,1-5H3,(H13-,37,38,39,40,43,44,45,46,47,48,55,56,57,58,59,60,61,62,63,64)/p-3/t13-,14-,15-,19?,20?,21+,22+,23+,24?,31-,32-,33-/m1/s1. The van der Waals surface area contributed by atoms with Crippen LogP contribution >= 0.6 is 31.3 Å². The zero-order chi connectivity index (χ0) is 58.1. The maximum Gasteiger partial charge on any atom is 0.313 e. The lowest BCUT2D eigenvalue weighted by Gasteiger charge is -2.35. The number of aliphatic hydroxyl groups is 2. The summed E-state index contributed by atoms with van der Waals surface area (Å²) in [5.41, 5.74) is 21.3. The Labute approximate surface area is 446 Å². The van der Waals surface area contributed by atoms with Gasteiger partial charge >= 0.3 is 5.65 Å². The Morgan fingerprint density at radius 3 is 1.85 bits per heavy atom. The summed E-state index contributed by atoms with van der Waals surface area (Å²) < 4.78 is 120. The van der Waals surface area contributed by atoms with Gasteiger partial charge in [0.2, 0.25) is 23.6 Å². The highest BCUT2D eigenvalue weighted by atomic mass is 31.3. The van der Waals surface area contributed by atoms with Crippen molar-refractivity contribution in [2.24, 2.45) is 7.05 Å². The van der Waals surface area contributed by atoms with Gasteiger partial charge in [0, 0.05) is 14.2 Å². The van der Waals surface area contributed by atoms with E-state index in [1.807, 2.05) is 0 Å². The predicted molar refractivity (Wildman–Crippen MR) is 253 cm³/mol. The zero-order valence-electron chi connectivity index (χ0n) is 41.8. The van der Waals surface area contributed by atoms with E-state index in [-0.39, 0.29) is 57.2 Å². The van der Waals surface area contributed by atoms with Crippen molar-refractivity contribution in [2.45, 2.75) is 93.6 Å². The fourth-order valence-electron chi connectivity index (χ4n) is 9.09. The molecule has 0 amide bonds. The molecule has 3 aliphatic rings. The second-order valence-corrected chi connectivity index (χ2v) is 23.8. The quantitative estimate of drug-likeness (QED) is 0.0232. The van der Waals surface area contributed by atoms with Crippen LogP contribution in [0.1, 0.15) is 32.5 Å². The fraction of sp³-hybridized carbons (Fsp3) is 0.583. The average Bonchev–Trinajstić information content (AvgIpc) is 4.20. The van der Waals surface area contributed by atoms with Gasteiger partial charge in [-0.1, -0.05) is 4.98 Å². The highest BCUT2D eigenvalue weighted by Gasteiger charge is 2.52. The van der Waals surface area contributed by atoms with Gasteiger partial charge < -0.3 is 99.2 Å². The van der Waals surface area contributed by atoms with E-state index in [1.54, 1.807) is 13.8 Å². The molecule has 0 aromatic carbocycles. The number of phosphoric acid groups is 4. The summed E-state index contributed by atoms with van der Waals surface area (Å²) in [5, 5.41) is 22.5. The number of nitrogens with one attached hydrogen (secondary N) is 2. The van der Waals surface area contributed by atoms with Gasteiger partial charge in [0.1, 0.15) is 60.5 Å². The van der Waals surface area contributed by atoms with Crippen LogP contribution < -0.4 is 58.2 Å². The molecular weight excluding hydrogens is 1160 g/mol. The van der Waals surface area contributed by atoms with Crippen molar-refractivity contribution >= 4 is 88.4 Å². The van der Waals surface area contributed by atoms with Crippen LogP contribution in [0.4, 0.5) is 23.7 Å². The highest BCUT2D eigenvalue weighted by molar-refractivity contribution is 7.65. The third-order valence-electron chi connectivity index (χ3n) is 12.2. The van der Waals surface area contributed by atoms with Crippen LogP contribution in [0.2, 0.25) is 0 Å². The number of hydrogen-bond donors (Lipinski definition) is 8. The van der Waals surface area contributed by atoms with Gasteiger partial charge in [-0.2, -0.15) is 15.0 Å². The molecule has 440 valence electrons. The number of phosphoric ester groups is 3. The molecule has 7 unspecified atom stereocenters. The van der Waals surface area contributed by atoms with E-state index in [4.69, 9.17) is 64.9 Å². The predicted octanol–water partition coefficient (Wildman–Crippen LogP) is -5.57. The van der Waals surface area contributed by atoms with Crippen LogP contribution in [0, 0.1) is 0 Å². The molecule has 0 radical (unpaired) electrons. The van der Waals surface area contributed by atoms with Crippen LogP contribution in [0.5, 0.6) is 0 Å². The summed E-state index contributed by atoms with van der Waals surface area (Å²) in [6.07, 6.45) is -16.0. The Balaban J connectivity index is 0.890. The van der Waals surface area contributed by atoms with Crippen molar-refractivity contribution < 1.29 is 108 Å². The van der Waals surface area contributed by atoms with E-state index < -0.39 is 142 Å². The molecule has 0 saturated carbocycles. The topological polar surface area (TPSA) is 578 Å². The highest BCUT2D eigenvalue weighted by Crippen LogP contribution is 2.63. The summed E-state index contributed by atoms with van der Waals surface area (Å²) >= 11 is 0. The number of aromatic nitrogens is 12. The second kappa shape index (κ2) is 22.4. The molecule has 12 N–H and O–H groups in total. The van der Waals surface area contributed by atoms with Crippen LogP contribution in [0.25, 0.3) is 33.5 Å². The molecule has 3 aliphatic heterocycles. The lowest BCUT2D eigenvalue weighted by molar-refractivity contribution is -0.745. The Hall–Kier alpha value is -5.35. The summed E-state index contributed by atoms with van der Waals surface area (Å²) in [6.45, 7) is -0.258. The van der Waals surface area contributed by atoms with Gasteiger partial charge in [-0.25, -0.2) is 23.2 Å². The van der Waals surface area contributed by atoms with Crippen molar-refractivity contribution in [3.05, 3.63) is 39.7 Å². The molecule has 16 atom stereocenters. The van der Waals surface area contributed by atoms with Crippen LogP contribution in [-0.2, 0) is 80.4 Å². The van der Waals surface area contributed by atoms with Crippen molar-refractivity contribution in [3.63, 3.8) is 0 Å². The smallest absolute Gasteiger partial charge is 0.313 e. The number of ether oxygens (including phenoxy) is 6. The van der Waals surface area contributed by atoms with Crippen LogP contribution in [0.3, 0.4) is 0 Å². The summed E-state index contributed by atoms with van der Waals surface area (Å²) in [7, 11) is -21.2. The number of hydrogen-bond acceptors (Lipinski definition) is 34. The number of aryl methyl sites for hydroxylation is 1. The minimum Gasteiger partial charge on any atom is -0.756 e. The molecule has 9 heterocycles. The van der Waals surface area contributed by atoms with E-state index in [0.29, 0.717) is 0 Å². The molecule has 40 nitrogen and oxygen atoms in total. The van der Waals surface area contributed by atoms with Crippen molar-refractivity contribution in [1.82, 2.24) is 53.6 Å². The Morgan fingerprint density at radius 2 is 1.23 bits per heavy atom. The maximum atomic E-state index is 13.8. The van der Waals surface area contributed by atoms with Gasteiger partial charge in [0.05, 0.1) is 45.6 Å². The van der Waals surface area contributed by atoms with Gasteiger partial charge in [0.15, 0.2) is 41.4 Å². The zero-order valence-corrected chi connectivity index (χ0v) is 45.4. The summed E-state index contributed by atoms with van der Waals surface area (Å²) in [5.74, 6) is -1.16. The molecule has 0 bridgehead atoms. The molecule has 0 spiro atoms. The van der Waals surface area contributed by atoms with Gasteiger partial charge in [-0.15, -0.1) is 0 Å². The maximum absolute atomic E-state index is 13.8. The molecule has 6 aromatic rings. The first-order valence-corrected chi connectivity index (χ1v) is 28.9. The monoisotopic (exact) mass is 1210 g/mol. The minimum absolute atomic E-state index is 0.00271. The first-order valence-electron chi connectivity index (χ1n) is 23.1. The minimum atomic E-state index is -6.58. The Morgan fingerprint density at radius 1 is 0.688 bits per heavy atom. The number of nitrogens with two attached hydrogens (primary N) is 4. The van der Waals surface area contributed by atoms with Crippen molar-refractivity contribution in [1.29, 1.82) is 0 Å². The second-order valence-electron chi connectivity index (χ2n) is 18.0. The number of H-pyrrole nitrogens is 2. The number of aromatic amines is 2. The Kier molecular flexibility index (Phi) is 16.6. The van der Waals surface area contributed by atoms with E-state index in [0.717, 1.165) is 36.0 Å². The number of aliphatic hydroxyl groups excluding tert-OH is 2. The third kappa shape index (κ3) is 12.1. The van der Waals surface area contributed by atoms with Crippen LogP contribution in [-0.4, -0.2) is 159 Å². The number of anilines is 4. The van der Waals surface area contributed by atoms with Crippen molar-refractivity contribution in [3.8, 4) is 0 Å². The van der Waals surface area contributed by atoms with E-state index in [9.17, 15) is 57.6 Å². The first-order chi connectivity index (χ1) is 37.5. The number of imidazole rings is 3. The van der Waals surface area contributed by atoms with E-state index in [2.05, 4.69) is 53.0 Å². The van der Waals surface area contributed by atoms with E-state index in [1.165, 1.54) is 22.5 Å². The number of fused-ring (bicyclic) bond motifs is 3. The normalized spacial score (nSPS) is 29.4. The molecule has 3 saturated heterocycles. The summed E-state index contributed by atoms with van der Waals surface area (Å²) in [6, 6.07) is 0. The van der Waals surface area contributed by atoms with Gasteiger partial charge in [0.25, 0.3) is 48.4 Å². The molecular formula is C36H49N16O24P4-3. The summed E-state index contributed by atoms with van der Waals surface area (Å²) in [4.78, 5) is 107. The number of nitrogen functional groups attached to an aromatic ring is 4. The largest absolute Gasteiger partial charge is 0.756 e. The third-order valence-corrected chi connectivity index (χ3v) is 17.3. The lowest BCUT2D eigenvalue weighted by Crippen LogP contribution is -2.46. The van der Waals surface area contributed by atoms with Crippen molar-refractivity contribution in [2.75, 3.05) is 57.0 Å². The molecule has 0 aliphatic carbocycles. The Bertz CT molecular complexity index is 3620.